The molecule has 4 rings (SSSR count). The predicted molar refractivity (Wildman–Crippen MR) is 101 cm³/mol. The van der Waals surface area contributed by atoms with E-state index in [1.807, 2.05) is 42.5 Å². The molecule has 0 fully saturated rings. The molecule has 1 aromatic heterocycles. The Kier molecular flexibility index (Phi) is 4.74. The van der Waals surface area contributed by atoms with Crippen molar-refractivity contribution in [2.45, 2.75) is 0 Å². The first-order valence-electron chi connectivity index (χ1n) is 8.53. The third-order valence-corrected chi connectivity index (χ3v) is 4.11. The number of rotatable bonds is 6. The minimum Gasteiger partial charge on any atom is -0.492 e. The van der Waals surface area contributed by atoms with Gasteiger partial charge in [0.05, 0.1) is 6.54 Å². The Morgan fingerprint density at radius 1 is 1.00 bits per heavy atom. The molecule has 0 saturated carbocycles. The molecule has 3 aromatic carbocycles. The fourth-order valence-electron chi connectivity index (χ4n) is 2.78. The molecule has 7 heteroatoms. The first-order valence-corrected chi connectivity index (χ1v) is 8.53. The third kappa shape index (κ3) is 3.92. The lowest BCUT2D eigenvalue weighted by molar-refractivity contribution is 0.0947. The summed E-state index contributed by atoms with van der Waals surface area (Å²) in [4.78, 5) is 12.3. The Labute approximate surface area is 155 Å². The van der Waals surface area contributed by atoms with Gasteiger partial charge in [-0.05, 0) is 40.3 Å². The molecule has 0 atom stereocenters. The van der Waals surface area contributed by atoms with Gasteiger partial charge in [-0.1, -0.05) is 42.5 Å². The molecule has 0 radical (unpaired) electrons. The van der Waals surface area contributed by atoms with Crippen molar-refractivity contribution in [3.63, 3.8) is 0 Å². The summed E-state index contributed by atoms with van der Waals surface area (Å²) in [6, 6.07) is 21.1. The summed E-state index contributed by atoms with van der Waals surface area (Å²) in [6.07, 6.45) is 0. The van der Waals surface area contributed by atoms with Crippen molar-refractivity contribution in [2.24, 2.45) is 0 Å². The SMILES string of the molecule is O=C(NCCOc1ccc2ccccc2c1)c1cccc(-c2nn[nH]n2)c1. The van der Waals surface area contributed by atoms with Crippen molar-refractivity contribution >= 4 is 16.7 Å². The molecule has 0 bridgehead atoms. The van der Waals surface area contributed by atoms with Crippen molar-refractivity contribution in [3.8, 4) is 17.1 Å². The van der Waals surface area contributed by atoms with Crippen molar-refractivity contribution in [1.82, 2.24) is 25.9 Å². The van der Waals surface area contributed by atoms with Crippen LogP contribution in [0.25, 0.3) is 22.2 Å². The van der Waals surface area contributed by atoms with Crippen molar-refractivity contribution in [3.05, 3.63) is 72.3 Å². The zero-order valence-corrected chi connectivity index (χ0v) is 14.4. The second-order valence-corrected chi connectivity index (χ2v) is 5.93. The van der Waals surface area contributed by atoms with E-state index < -0.39 is 0 Å². The quantitative estimate of drug-likeness (QED) is 0.517. The number of aromatic nitrogens is 4. The van der Waals surface area contributed by atoms with E-state index in [2.05, 4.69) is 32.0 Å². The molecular weight excluding hydrogens is 342 g/mol. The van der Waals surface area contributed by atoms with Gasteiger partial charge in [-0.25, -0.2) is 0 Å². The summed E-state index contributed by atoms with van der Waals surface area (Å²) in [6.45, 7) is 0.784. The van der Waals surface area contributed by atoms with Crippen molar-refractivity contribution in [1.29, 1.82) is 0 Å². The summed E-state index contributed by atoms with van der Waals surface area (Å²) >= 11 is 0. The summed E-state index contributed by atoms with van der Waals surface area (Å²) in [5.74, 6) is 1.05. The van der Waals surface area contributed by atoms with Gasteiger partial charge < -0.3 is 10.1 Å². The molecular formula is C20H17N5O2. The molecule has 4 aromatic rings. The fraction of sp³-hybridized carbons (Fsp3) is 0.100. The number of nitrogens with zero attached hydrogens (tertiary/aromatic N) is 3. The molecule has 0 saturated heterocycles. The third-order valence-electron chi connectivity index (χ3n) is 4.11. The summed E-state index contributed by atoms with van der Waals surface area (Å²) in [7, 11) is 0. The van der Waals surface area contributed by atoms with Crippen LogP contribution >= 0.6 is 0 Å². The second kappa shape index (κ2) is 7.65. The molecule has 0 aliphatic heterocycles. The van der Waals surface area contributed by atoms with Crippen LogP contribution in [0.2, 0.25) is 0 Å². The van der Waals surface area contributed by atoms with E-state index in [4.69, 9.17) is 4.74 Å². The summed E-state index contributed by atoms with van der Waals surface area (Å²) in [5.41, 5.74) is 1.26. The number of hydrogen-bond donors (Lipinski definition) is 2. The Bertz CT molecular complexity index is 1060. The standard InChI is InChI=1S/C20H17N5O2/c26-20(17-7-3-6-16(12-17)19-22-24-25-23-19)21-10-11-27-18-9-8-14-4-1-2-5-15(14)13-18/h1-9,12-13H,10-11H2,(H,21,26)(H,22,23,24,25). The van der Waals surface area contributed by atoms with E-state index in [-0.39, 0.29) is 5.91 Å². The molecule has 27 heavy (non-hydrogen) atoms. The van der Waals surface area contributed by atoms with Gasteiger partial charge in [0.15, 0.2) is 0 Å². The van der Waals surface area contributed by atoms with E-state index in [1.54, 1.807) is 18.2 Å². The lowest BCUT2D eigenvalue weighted by atomic mass is 10.1. The zero-order valence-electron chi connectivity index (χ0n) is 14.4. The number of nitrogens with one attached hydrogen (secondary N) is 2. The number of amides is 1. The van der Waals surface area contributed by atoms with Crippen LogP contribution in [-0.2, 0) is 0 Å². The lowest BCUT2D eigenvalue weighted by Gasteiger charge is -2.09. The van der Waals surface area contributed by atoms with Gasteiger partial charge in [0, 0.05) is 11.1 Å². The monoisotopic (exact) mass is 359 g/mol. The van der Waals surface area contributed by atoms with Gasteiger partial charge in [0.1, 0.15) is 12.4 Å². The number of tetrazole rings is 1. The Morgan fingerprint density at radius 3 is 2.74 bits per heavy atom. The van der Waals surface area contributed by atoms with Crippen LogP contribution in [-0.4, -0.2) is 39.7 Å². The van der Waals surface area contributed by atoms with Gasteiger partial charge in [0.25, 0.3) is 5.91 Å². The van der Waals surface area contributed by atoms with Crippen LogP contribution in [0.4, 0.5) is 0 Å². The number of carbonyl (C=O) groups is 1. The number of fused-ring (bicyclic) bond motifs is 1. The molecule has 0 aliphatic carbocycles. The van der Waals surface area contributed by atoms with E-state index >= 15 is 0 Å². The average molecular weight is 359 g/mol. The molecule has 0 spiro atoms. The van der Waals surface area contributed by atoms with Gasteiger partial charge in [-0.15, -0.1) is 10.2 Å². The highest BCUT2D eigenvalue weighted by Crippen LogP contribution is 2.20. The topological polar surface area (TPSA) is 92.8 Å². The number of ether oxygens (including phenoxy) is 1. The highest BCUT2D eigenvalue weighted by atomic mass is 16.5. The highest BCUT2D eigenvalue weighted by Gasteiger charge is 2.09. The number of carbonyl (C=O) groups excluding carboxylic acids is 1. The number of hydrogen-bond acceptors (Lipinski definition) is 5. The number of benzene rings is 3. The van der Waals surface area contributed by atoms with Gasteiger partial charge in [-0.3, -0.25) is 4.79 Å². The van der Waals surface area contributed by atoms with E-state index in [1.165, 1.54) is 5.39 Å². The van der Waals surface area contributed by atoms with Crippen LogP contribution in [0, 0.1) is 0 Å². The average Bonchev–Trinajstić information content (AvgIpc) is 3.26. The second-order valence-electron chi connectivity index (χ2n) is 5.93. The zero-order chi connectivity index (χ0) is 18.5. The van der Waals surface area contributed by atoms with Crippen LogP contribution in [0.15, 0.2) is 66.7 Å². The van der Waals surface area contributed by atoms with Crippen LogP contribution in [0.1, 0.15) is 10.4 Å². The minimum absolute atomic E-state index is 0.178. The number of aromatic amines is 1. The first-order chi connectivity index (χ1) is 13.3. The van der Waals surface area contributed by atoms with Crippen LogP contribution < -0.4 is 10.1 Å². The minimum atomic E-state index is -0.178. The van der Waals surface area contributed by atoms with E-state index in [0.29, 0.717) is 24.5 Å². The van der Waals surface area contributed by atoms with Crippen molar-refractivity contribution in [2.75, 3.05) is 13.2 Å². The Balaban J connectivity index is 1.32. The molecule has 0 unspecified atom stereocenters. The van der Waals surface area contributed by atoms with Gasteiger partial charge >= 0.3 is 0 Å². The Hall–Kier alpha value is -3.74. The van der Waals surface area contributed by atoms with Crippen molar-refractivity contribution < 1.29 is 9.53 Å². The molecule has 2 N–H and O–H groups in total. The van der Waals surface area contributed by atoms with Gasteiger partial charge in [-0.2, -0.15) is 5.21 Å². The van der Waals surface area contributed by atoms with E-state index in [9.17, 15) is 4.79 Å². The maximum Gasteiger partial charge on any atom is 0.251 e. The smallest absolute Gasteiger partial charge is 0.251 e. The maximum atomic E-state index is 12.3. The maximum absolute atomic E-state index is 12.3. The molecule has 0 aliphatic rings. The predicted octanol–water partition coefficient (Wildman–Crippen LogP) is 2.83. The first kappa shape index (κ1) is 16.7. The van der Waals surface area contributed by atoms with Crippen LogP contribution in [0.5, 0.6) is 5.75 Å². The fourth-order valence-corrected chi connectivity index (χ4v) is 2.78. The summed E-state index contributed by atoms with van der Waals surface area (Å²) in [5, 5.41) is 18.9. The lowest BCUT2D eigenvalue weighted by Crippen LogP contribution is -2.28. The highest BCUT2D eigenvalue weighted by molar-refractivity contribution is 5.95. The normalized spacial score (nSPS) is 10.7. The summed E-state index contributed by atoms with van der Waals surface area (Å²) < 4.78 is 5.74. The molecule has 1 amide bonds. The number of H-pyrrole nitrogens is 1. The molecule has 1 heterocycles. The van der Waals surface area contributed by atoms with Crippen LogP contribution in [0.3, 0.4) is 0 Å². The van der Waals surface area contributed by atoms with E-state index in [0.717, 1.165) is 16.7 Å². The largest absolute Gasteiger partial charge is 0.492 e. The molecule has 7 nitrogen and oxygen atoms in total. The van der Waals surface area contributed by atoms with Gasteiger partial charge in [0.2, 0.25) is 5.82 Å². The molecule has 134 valence electrons. The Morgan fingerprint density at radius 2 is 1.89 bits per heavy atom.